The molecule has 1 aromatic carbocycles. The fourth-order valence-corrected chi connectivity index (χ4v) is 1.78. The highest BCUT2D eigenvalue weighted by Gasteiger charge is 2.09. The summed E-state index contributed by atoms with van der Waals surface area (Å²) in [4.78, 5) is 16.0. The lowest BCUT2D eigenvalue weighted by Gasteiger charge is -2.11. The fraction of sp³-hybridized carbons (Fsp3) is 0.286. The molecule has 6 heteroatoms. The summed E-state index contributed by atoms with van der Waals surface area (Å²) in [7, 11) is 1.50. The SMILES string of the molecule is COCC(O)CNC(=O)c1cccc(-n2ccnc2)c1. The standard InChI is InChI=1S/C14H17N3O3/c1-20-9-13(18)8-16-14(19)11-3-2-4-12(7-11)17-6-5-15-10-17/h2-7,10,13,18H,8-9H2,1H3,(H,16,19). The molecule has 1 unspecified atom stereocenters. The Morgan fingerprint density at radius 1 is 1.55 bits per heavy atom. The van der Waals surface area contributed by atoms with E-state index in [1.807, 2.05) is 10.6 Å². The van der Waals surface area contributed by atoms with Crippen LogP contribution in [0.25, 0.3) is 5.69 Å². The van der Waals surface area contributed by atoms with Gasteiger partial charge in [-0.25, -0.2) is 4.98 Å². The van der Waals surface area contributed by atoms with Gasteiger partial charge in [0, 0.05) is 37.3 Å². The maximum Gasteiger partial charge on any atom is 0.251 e. The molecule has 2 rings (SSSR count). The minimum atomic E-state index is -0.708. The molecule has 1 atom stereocenters. The number of carbonyl (C=O) groups excluding carboxylic acids is 1. The third kappa shape index (κ3) is 3.66. The average Bonchev–Trinajstić information content (AvgIpc) is 2.99. The van der Waals surface area contributed by atoms with Crippen molar-refractivity contribution in [1.82, 2.24) is 14.9 Å². The molecule has 1 aromatic heterocycles. The third-order valence-electron chi connectivity index (χ3n) is 2.77. The highest BCUT2D eigenvalue weighted by atomic mass is 16.5. The second-order valence-corrected chi connectivity index (χ2v) is 4.34. The topological polar surface area (TPSA) is 76.4 Å². The molecular weight excluding hydrogens is 258 g/mol. The van der Waals surface area contributed by atoms with E-state index in [1.165, 1.54) is 7.11 Å². The zero-order valence-electron chi connectivity index (χ0n) is 11.2. The van der Waals surface area contributed by atoms with E-state index in [2.05, 4.69) is 10.3 Å². The molecule has 106 valence electrons. The molecule has 1 amide bonds. The molecule has 0 bridgehead atoms. The number of hydrogen-bond acceptors (Lipinski definition) is 4. The minimum absolute atomic E-state index is 0.155. The van der Waals surface area contributed by atoms with Gasteiger partial charge < -0.3 is 19.7 Å². The van der Waals surface area contributed by atoms with Crippen molar-refractivity contribution in [2.75, 3.05) is 20.3 Å². The Morgan fingerprint density at radius 2 is 2.40 bits per heavy atom. The first-order valence-electron chi connectivity index (χ1n) is 6.24. The fourth-order valence-electron chi connectivity index (χ4n) is 1.78. The van der Waals surface area contributed by atoms with Gasteiger partial charge in [-0.1, -0.05) is 6.07 Å². The van der Waals surface area contributed by atoms with E-state index in [9.17, 15) is 9.90 Å². The highest BCUT2D eigenvalue weighted by Crippen LogP contribution is 2.10. The number of hydrogen-bond donors (Lipinski definition) is 2. The highest BCUT2D eigenvalue weighted by molar-refractivity contribution is 5.94. The smallest absolute Gasteiger partial charge is 0.251 e. The number of benzene rings is 1. The molecule has 1 heterocycles. The van der Waals surface area contributed by atoms with Crippen molar-refractivity contribution in [2.45, 2.75) is 6.10 Å². The van der Waals surface area contributed by atoms with Gasteiger partial charge in [-0.2, -0.15) is 0 Å². The Kier molecular flexibility index (Phi) is 4.86. The Balaban J connectivity index is 2.02. The number of aliphatic hydroxyl groups is 1. The Bertz CT molecular complexity index is 555. The van der Waals surface area contributed by atoms with Gasteiger partial charge in [0.1, 0.15) is 0 Å². The van der Waals surface area contributed by atoms with Crippen LogP contribution in [-0.2, 0) is 4.74 Å². The van der Waals surface area contributed by atoms with Crippen LogP contribution in [0.5, 0.6) is 0 Å². The zero-order valence-corrected chi connectivity index (χ0v) is 11.2. The lowest BCUT2D eigenvalue weighted by molar-refractivity contribution is 0.0610. The molecule has 0 aliphatic heterocycles. The van der Waals surface area contributed by atoms with Gasteiger partial charge in [-0.15, -0.1) is 0 Å². The van der Waals surface area contributed by atoms with Crippen molar-refractivity contribution < 1.29 is 14.6 Å². The largest absolute Gasteiger partial charge is 0.389 e. The lowest BCUT2D eigenvalue weighted by Crippen LogP contribution is -2.34. The number of nitrogens with zero attached hydrogens (tertiary/aromatic N) is 2. The first-order chi connectivity index (χ1) is 9.70. The maximum absolute atomic E-state index is 12.0. The van der Waals surface area contributed by atoms with Crippen LogP contribution in [0.2, 0.25) is 0 Å². The van der Waals surface area contributed by atoms with E-state index >= 15 is 0 Å². The maximum atomic E-state index is 12.0. The number of methoxy groups -OCH3 is 1. The predicted molar refractivity (Wildman–Crippen MR) is 73.8 cm³/mol. The molecule has 2 N–H and O–H groups in total. The van der Waals surface area contributed by atoms with Gasteiger partial charge in [-0.05, 0) is 18.2 Å². The van der Waals surface area contributed by atoms with Crippen molar-refractivity contribution in [3.05, 3.63) is 48.5 Å². The predicted octanol–water partition coefficient (Wildman–Crippen LogP) is 0.609. The summed E-state index contributed by atoms with van der Waals surface area (Å²) in [5, 5.41) is 12.2. The lowest BCUT2D eigenvalue weighted by atomic mass is 10.2. The first kappa shape index (κ1) is 14.2. The summed E-state index contributed by atoms with van der Waals surface area (Å²) in [6.45, 7) is 0.345. The Morgan fingerprint density at radius 3 is 3.10 bits per heavy atom. The summed E-state index contributed by atoms with van der Waals surface area (Å²) < 4.78 is 6.61. The molecule has 0 radical (unpaired) electrons. The van der Waals surface area contributed by atoms with Gasteiger partial charge in [0.15, 0.2) is 0 Å². The third-order valence-corrected chi connectivity index (χ3v) is 2.77. The van der Waals surface area contributed by atoms with Gasteiger partial charge in [0.2, 0.25) is 0 Å². The molecule has 0 saturated heterocycles. The van der Waals surface area contributed by atoms with Crippen LogP contribution >= 0.6 is 0 Å². The van der Waals surface area contributed by atoms with Crippen molar-refractivity contribution >= 4 is 5.91 Å². The van der Waals surface area contributed by atoms with Crippen LogP contribution in [0.15, 0.2) is 43.0 Å². The van der Waals surface area contributed by atoms with E-state index in [0.29, 0.717) is 5.56 Å². The summed E-state index contributed by atoms with van der Waals surface area (Å²) in [5.74, 6) is -0.234. The van der Waals surface area contributed by atoms with Crippen LogP contribution in [0.3, 0.4) is 0 Å². The number of imidazole rings is 1. The van der Waals surface area contributed by atoms with E-state index in [-0.39, 0.29) is 19.1 Å². The zero-order chi connectivity index (χ0) is 14.4. The molecular formula is C14H17N3O3. The number of ether oxygens (including phenoxy) is 1. The molecule has 0 spiro atoms. The van der Waals surface area contributed by atoms with Crippen molar-refractivity contribution in [3.8, 4) is 5.69 Å². The van der Waals surface area contributed by atoms with E-state index in [0.717, 1.165) is 5.69 Å². The second kappa shape index (κ2) is 6.83. The van der Waals surface area contributed by atoms with E-state index in [1.54, 1.807) is 36.9 Å². The molecule has 2 aromatic rings. The summed E-state index contributed by atoms with van der Waals surface area (Å²) >= 11 is 0. The number of carbonyl (C=O) groups is 1. The molecule has 0 aliphatic rings. The van der Waals surface area contributed by atoms with Gasteiger partial charge in [-0.3, -0.25) is 4.79 Å². The molecule has 0 fully saturated rings. The van der Waals surface area contributed by atoms with Crippen LogP contribution in [-0.4, -0.2) is 46.9 Å². The van der Waals surface area contributed by atoms with Gasteiger partial charge >= 0.3 is 0 Å². The minimum Gasteiger partial charge on any atom is -0.389 e. The average molecular weight is 275 g/mol. The summed E-state index contributed by atoms with van der Waals surface area (Å²) in [6.07, 6.45) is 4.44. The number of amides is 1. The molecule has 6 nitrogen and oxygen atoms in total. The first-order valence-corrected chi connectivity index (χ1v) is 6.24. The van der Waals surface area contributed by atoms with E-state index < -0.39 is 6.10 Å². The van der Waals surface area contributed by atoms with Crippen molar-refractivity contribution in [1.29, 1.82) is 0 Å². The van der Waals surface area contributed by atoms with Crippen molar-refractivity contribution in [2.24, 2.45) is 0 Å². The van der Waals surface area contributed by atoms with Gasteiger partial charge in [0.05, 0.1) is 19.0 Å². The molecule has 0 aliphatic carbocycles. The number of nitrogens with one attached hydrogen (secondary N) is 1. The normalized spacial score (nSPS) is 12.1. The summed E-state index contributed by atoms with van der Waals surface area (Å²) in [5.41, 5.74) is 1.38. The van der Waals surface area contributed by atoms with Crippen LogP contribution in [0, 0.1) is 0 Å². The van der Waals surface area contributed by atoms with Crippen LogP contribution in [0.1, 0.15) is 10.4 Å². The number of aliphatic hydroxyl groups excluding tert-OH is 1. The quantitative estimate of drug-likeness (QED) is 0.810. The van der Waals surface area contributed by atoms with Gasteiger partial charge in [0.25, 0.3) is 5.91 Å². The van der Waals surface area contributed by atoms with Crippen molar-refractivity contribution in [3.63, 3.8) is 0 Å². The second-order valence-electron chi connectivity index (χ2n) is 4.34. The van der Waals surface area contributed by atoms with Crippen LogP contribution in [0.4, 0.5) is 0 Å². The van der Waals surface area contributed by atoms with E-state index in [4.69, 9.17) is 4.74 Å². The number of aromatic nitrogens is 2. The monoisotopic (exact) mass is 275 g/mol. The number of rotatable bonds is 6. The van der Waals surface area contributed by atoms with Crippen LogP contribution < -0.4 is 5.32 Å². The Hall–Kier alpha value is -2.18. The molecule has 0 saturated carbocycles. The summed E-state index contributed by atoms with van der Waals surface area (Å²) in [6, 6.07) is 7.17. The molecule has 20 heavy (non-hydrogen) atoms. The Labute approximate surface area is 117 Å².